The number of fused-ring (bicyclic) bond motifs is 10. The first kappa shape index (κ1) is 35.2. The highest BCUT2D eigenvalue weighted by Crippen LogP contribution is 2.46. The summed E-state index contributed by atoms with van der Waals surface area (Å²) >= 11 is 0. The topological polar surface area (TPSA) is 53.5 Å². The van der Waals surface area contributed by atoms with Gasteiger partial charge in [-0.15, -0.1) is 0 Å². The van der Waals surface area contributed by atoms with E-state index in [2.05, 4.69) is 214 Å². The Morgan fingerprint density at radius 1 is 0.286 bits per heavy atom. The fourth-order valence-electron chi connectivity index (χ4n) is 9.77. The van der Waals surface area contributed by atoms with Crippen LogP contribution in [0.25, 0.3) is 117 Å². The summed E-state index contributed by atoms with van der Waals surface area (Å²) in [4.78, 5) is 16.2. The van der Waals surface area contributed by atoms with Crippen molar-refractivity contribution in [1.82, 2.24) is 28.7 Å². The molecule has 6 heteroatoms. The second-order valence-corrected chi connectivity index (χ2v) is 16.0. The van der Waals surface area contributed by atoms with Crippen LogP contribution in [-0.2, 0) is 0 Å². The second-order valence-electron chi connectivity index (χ2n) is 16.0. The predicted octanol–water partition coefficient (Wildman–Crippen LogP) is 14.2. The van der Waals surface area contributed by atoms with E-state index in [1.807, 2.05) is 18.2 Å². The van der Waals surface area contributed by atoms with Crippen LogP contribution in [0.15, 0.2) is 218 Å². The maximum absolute atomic E-state index is 5.51. The van der Waals surface area contributed by atoms with Gasteiger partial charge < -0.3 is 9.13 Å². The lowest BCUT2D eigenvalue weighted by Gasteiger charge is -2.14. The molecule has 0 saturated carbocycles. The summed E-state index contributed by atoms with van der Waals surface area (Å²) in [5, 5.41) is 6.90. The molecule has 13 rings (SSSR count). The third kappa shape index (κ3) is 5.41. The Balaban J connectivity index is 1.17. The number of nitrogens with zero attached hydrogens (tertiary/aromatic N) is 6. The molecule has 0 unspecified atom stereocenters. The Morgan fingerprint density at radius 3 is 1.41 bits per heavy atom. The number of para-hydroxylation sites is 5. The van der Waals surface area contributed by atoms with Crippen LogP contribution in [0.5, 0.6) is 0 Å². The SMILES string of the molecule is c1ccc(-c2nc(-c3ccc4c(c3)c3ccccc3n4-c3ccccc3)nc(-n3c4ccccc4c4c(-c5ccccc5)cc5c6ccccc6n(-c6ccccc6)c5c43)n2)cc1. The van der Waals surface area contributed by atoms with E-state index in [1.54, 1.807) is 0 Å². The normalized spacial score (nSPS) is 11.8. The lowest BCUT2D eigenvalue weighted by Crippen LogP contribution is -2.07. The molecule has 0 radical (unpaired) electrons. The fourth-order valence-corrected chi connectivity index (χ4v) is 9.77. The van der Waals surface area contributed by atoms with Crippen molar-refractivity contribution in [2.75, 3.05) is 0 Å². The van der Waals surface area contributed by atoms with Crippen LogP contribution in [0.4, 0.5) is 0 Å². The Kier molecular flexibility index (Phi) is 7.80. The van der Waals surface area contributed by atoms with E-state index in [0.717, 1.165) is 88.3 Å². The van der Waals surface area contributed by atoms with Crippen molar-refractivity contribution in [3.8, 4) is 51.2 Å². The highest BCUT2D eigenvalue weighted by atomic mass is 15.2. The van der Waals surface area contributed by atoms with Crippen molar-refractivity contribution in [2.24, 2.45) is 0 Å². The zero-order chi connectivity index (χ0) is 41.4. The Morgan fingerprint density at radius 2 is 0.762 bits per heavy atom. The Bertz CT molecular complexity index is 3880. The van der Waals surface area contributed by atoms with Gasteiger partial charge in [-0.3, -0.25) is 4.57 Å². The molecule has 0 aliphatic carbocycles. The Hall–Kier alpha value is -8.61. The van der Waals surface area contributed by atoms with Gasteiger partial charge in [0.25, 0.3) is 0 Å². The zero-order valence-electron chi connectivity index (χ0n) is 34.0. The number of hydrogen-bond acceptors (Lipinski definition) is 3. The molecule has 0 amide bonds. The van der Waals surface area contributed by atoms with Crippen LogP contribution in [0.2, 0.25) is 0 Å². The van der Waals surface area contributed by atoms with Gasteiger partial charge in [0, 0.05) is 54.8 Å². The molecule has 0 aliphatic heterocycles. The van der Waals surface area contributed by atoms with E-state index in [0.29, 0.717) is 17.6 Å². The maximum Gasteiger partial charge on any atom is 0.238 e. The van der Waals surface area contributed by atoms with Gasteiger partial charge in [-0.05, 0) is 77.9 Å². The minimum absolute atomic E-state index is 0.549. The molecule has 63 heavy (non-hydrogen) atoms. The van der Waals surface area contributed by atoms with Crippen LogP contribution in [-0.4, -0.2) is 28.7 Å². The minimum Gasteiger partial charge on any atom is -0.309 e. The molecule has 6 nitrogen and oxygen atoms in total. The van der Waals surface area contributed by atoms with Crippen molar-refractivity contribution in [3.63, 3.8) is 0 Å². The summed E-state index contributed by atoms with van der Waals surface area (Å²) in [6.07, 6.45) is 0. The number of aromatic nitrogens is 6. The van der Waals surface area contributed by atoms with Gasteiger partial charge in [0.1, 0.15) is 0 Å². The van der Waals surface area contributed by atoms with Crippen molar-refractivity contribution in [2.45, 2.75) is 0 Å². The molecule has 0 aliphatic rings. The average molecular weight is 805 g/mol. The predicted molar refractivity (Wildman–Crippen MR) is 259 cm³/mol. The molecule has 0 atom stereocenters. The van der Waals surface area contributed by atoms with Gasteiger partial charge in [-0.25, -0.2) is 4.98 Å². The molecular weight excluding hydrogens is 769 g/mol. The molecule has 4 aromatic heterocycles. The monoisotopic (exact) mass is 804 g/mol. The summed E-state index contributed by atoms with van der Waals surface area (Å²) in [6, 6.07) is 77.2. The minimum atomic E-state index is 0.549. The van der Waals surface area contributed by atoms with Crippen molar-refractivity contribution < 1.29 is 0 Å². The van der Waals surface area contributed by atoms with Crippen LogP contribution >= 0.6 is 0 Å². The van der Waals surface area contributed by atoms with Crippen molar-refractivity contribution in [1.29, 1.82) is 0 Å². The van der Waals surface area contributed by atoms with Crippen LogP contribution in [0.1, 0.15) is 0 Å². The van der Waals surface area contributed by atoms with Gasteiger partial charge in [0.2, 0.25) is 5.95 Å². The molecule has 0 N–H and O–H groups in total. The Labute approximate surface area is 362 Å². The quantitative estimate of drug-likeness (QED) is 0.168. The highest BCUT2D eigenvalue weighted by molar-refractivity contribution is 6.28. The molecule has 9 aromatic carbocycles. The number of benzene rings is 9. The molecular formula is C57H36N6. The number of hydrogen-bond donors (Lipinski definition) is 0. The maximum atomic E-state index is 5.51. The van der Waals surface area contributed by atoms with Crippen LogP contribution < -0.4 is 0 Å². The molecule has 0 saturated heterocycles. The van der Waals surface area contributed by atoms with E-state index in [4.69, 9.17) is 15.0 Å². The van der Waals surface area contributed by atoms with Gasteiger partial charge in [-0.1, -0.05) is 152 Å². The van der Waals surface area contributed by atoms with Crippen LogP contribution in [0, 0.1) is 0 Å². The first-order valence-corrected chi connectivity index (χ1v) is 21.3. The third-order valence-electron chi connectivity index (χ3n) is 12.5. The standard InChI is InChI=1S/C57H36N6/c1-5-19-37(20-6-1)45-36-47-43-28-14-17-31-49(43)62(41-25-11-4-12-26-41)53(47)54-52(45)44-29-15-18-32-50(44)63(54)57-59-55(38-21-7-2-8-22-38)58-56(60-57)39-33-34-51-46(35-39)42-27-13-16-30-48(42)61(51)40-23-9-3-10-24-40/h1-36H. The molecule has 4 heterocycles. The second kappa shape index (κ2) is 14.0. The zero-order valence-corrected chi connectivity index (χ0v) is 34.0. The van der Waals surface area contributed by atoms with Gasteiger partial charge >= 0.3 is 0 Å². The smallest absolute Gasteiger partial charge is 0.238 e. The lowest BCUT2D eigenvalue weighted by molar-refractivity contribution is 0.953. The first-order valence-electron chi connectivity index (χ1n) is 21.3. The first-order chi connectivity index (χ1) is 31.3. The third-order valence-corrected chi connectivity index (χ3v) is 12.5. The molecule has 0 spiro atoms. The van der Waals surface area contributed by atoms with E-state index < -0.39 is 0 Å². The summed E-state index contributed by atoms with van der Waals surface area (Å²) < 4.78 is 7.03. The molecule has 0 fully saturated rings. The van der Waals surface area contributed by atoms with E-state index in [-0.39, 0.29) is 0 Å². The van der Waals surface area contributed by atoms with E-state index in [9.17, 15) is 0 Å². The van der Waals surface area contributed by atoms with Crippen molar-refractivity contribution in [3.05, 3.63) is 218 Å². The fraction of sp³-hybridized carbons (Fsp3) is 0. The van der Waals surface area contributed by atoms with Crippen molar-refractivity contribution >= 4 is 65.4 Å². The molecule has 294 valence electrons. The average Bonchev–Trinajstić information content (AvgIpc) is 4.00. The van der Waals surface area contributed by atoms with Gasteiger partial charge in [-0.2, -0.15) is 9.97 Å². The molecule has 0 bridgehead atoms. The lowest BCUT2D eigenvalue weighted by atomic mass is 9.96. The summed E-state index contributed by atoms with van der Waals surface area (Å²) in [6.45, 7) is 0. The largest absolute Gasteiger partial charge is 0.309 e. The van der Waals surface area contributed by atoms with E-state index >= 15 is 0 Å². The van der Waals surface area contributed by atoms with Crippen LogP contribution in [0.3, 0.4) is 0 Å². The summed E-state index contributed by atoms with van der Waals surface area (Å²) in [7, 11) is 0. The van der Waals surface area contributed by atoms with Gasteiger partial charge in [0.15, 0.2) is 11.6 Å². The summed E-state index contributed by atoms with van der Waals surface area (Å²) in [5.41, 5.74) is 12.9. The van der Waals surface area contributed by atoms with Gasteiger partial charge in [0.05, 0.1) is 33.1 Å². The van der Waals surface area contributed by atoms with E-state index in [1.165, 1.54) is 10.8 Å². The molecule has 13 aromatic rings. The summed E-state index contributed by atoms with van der Waals surface area (Å²) in [5.74, 6) is 1.75. The highest BCUT2D eigenvalue weighted by Gasteiger charge is 2.26. The number of rotatable bonds is 6.